The van der Waals surface area contributed by atoms with Gasteiger partial charge in [0.05, 0.1) is 28.9 Å². The van der Waals surface area contributed by atoms with Crippen LogP contribution in [-0.2, 0) is 12.5 Å². The lowest BCUT2D eigenvalue weighted by Gasteiger charge is -2.11. The highest BCUT2D eigenvalue weighted by molar-refractivity contribution is 9.10. The molecule has 0 unspecified atom stereocenters. The third kappa shape index (κ3) is 3.66. The van der Waals surface area contributed by atoms with Crippen molar-refractivity contribution in [3.05, 3.63) is 48.6 Å². The molecule has 2 rings (SSSR count). The van der Waals surface area contributed by atoms with Crippen LogP contribution in [0.2, 0.25) is 0 Å². The molecule has 0 N–H and O–H groups in total. The molecular weight excluding hydrogens is 382 g/mol. The first-order valence-corrected chi connectivity index (χ1v) is 8.03. The molecular formula is C13H11BrClNO4S. The Balaban J connectivity index is 2.31. The van der Waals surface area contributed by atoms with E-state index in [4.69, 9.17) is 21.1 Å². The van der Waals surface area contributed by atoms with E-state index in [0.29, 0.717) is 23.7 Å². The third-order valence-electron chi connectivity index (χ3n) is 2.76. The summed E-state index contributed by atoms with van der Waals surface area (Å²) >= 11 is 10.7. The fraction of sp³-hybridized carbons (Fsp3) is 0.231. The fourth-order valence-corrected chi connectivity index (χ4v) is 3.30. The van der Waals surface area contributed by atoms with Crippen molar-refractivity contribution in [3.8, 4) is 11.5 Å². The number of alkyl halides is 1. The van der Waals surface area contributed by atoms with Crippen LogP contribution >= 0.6 is 38.9 Å². The summed E-state index contributed by atoms with van der Waals surface area (Å²) < 4.78 is 11.8. The Hall–Kier alpha value is -1.31. The summed E-state index contributed by atoms with van der Waals surface area (Å²) in [6, 6.07) is 4.79. The molecule has 0 atom stereocenters. The zero-order valence-corrected chi connectivity index (χ0v) is 14.1. The Bertz CT molecular complexity index is 662. The molecule has 0 aliphatic rings. The van der Waals surface area contributed by atoms with E-state index in [1.54, 1.807) is 0 Å². The quantitative estimate of drug-likeness (QED) is 0.404. The van der Waals surface area contributed by atoms with E-state index in [1.807, 2.05) is 11.4 Å². The van der Waals surface area contributed by atoms with Gasteiger partial charge in [-0.15, -0.1) is 22.9 Å². The van der Waals surface area contributed by atoms with Crippen LogP contribution in [0.25, 0.3) is 0 Å². The van der Waals surface area contributed by atoms with Crippen molar-refractivity contribution in [2.24, 2.45) is 0 Å². The van der Waals surface area contributed by atoms with E-state index >= 15 is 0 Å². The number of thiophene rings is 1. The number of ether oxygens (including phenoxy) is 2. The van der Waals surface area contributed by atoms with E-state index in [0.717, 1.165) is 9.35 Å². The van der Waals surface area contributed by atoms with Crippen molar-refractivity contribution >= 4 is 44.6 Å². The van der Waals surface area contributed by atoms with Crippen LogP contribution in [0.4, 0.5) is 5.69 Å². The highest BCUT2D eigenvalue weighted by atomic mass is 79.9. The summed E-state index contributed by atoms with van der Waals surface area (Å²) in [5, 5.41) is 13.0. The second kappa shape index (κ2) is 7.11. The minimum Gasteiger partial charge on any atom is -0.493 e. The van der Waals surface area contributed by atoms with Gasteiger partial charge < -0.3 is 9.47 Å². The maximum atomic E-state index is 11.1. The predicted octanol–water partition coefficient (Wildman–Crippen LogP) is 4.75. The lowest BCUT2D eigenvalue weighted by molar-refractivity contribution is -0.385. The monoisotopic (exact) mass is 391 g/mol. The van der Waals surface area contributed by atoms with Gasteiger partial charge in [-0.3, -0.25) is 10.1 Å². The number of nitro groups is 1. The molecule has 2 aromatic rings. The standard InChI is InChI=1S/C13H11BrClNO4S/c1-19-11-4-8(6-15)10(16(17)18)5-12(11)20-7-13-9(14)2-3-21-13/h2-5H,6-7H2,1H3. The van der Waals surface area contributed by atoms with Crippen molar-refractivity contribution in [1.29, 1.82) is 0 Å². The molecule has 0 fully saturated rings. The predicted molar refractivity (Wildman–Crippen MR) is 85.6 cm³/mol. The fourth-order valence-electron chi connectivity index (χ4n) is 1.71. The number of methoxy groups -OCH3 is 1. The Morgan fingerprint density at radius 3 is 2.71 bits per heavy atom. The average molecular weight is 393 g/mol. The molecule has 0 aliphatic carbocycles. The molecule has 0 saturated heterocycles. The van der Waals surface area contributed by atoms with Crippen LogP contribution in [0.1, 0.15) is 10.4 Å². The van der Waals surface area contributed by atoms with Gasteiger partial charge in [0.15, 0.2) is 11.5 Å². The Kier molecular flexibility index (Phi) is 5.44. The maximum absolute atomic E-state index is 11.1. The smallest absolute Gasteiger partial charge is 0.277 e. The summed E-state index contributed by atoms with van der Waals surface area (Å²) in [5.74, 6) is 0.769. The van der Waals surface area contributed by atoms with Crippen molar-refractivity contribution in [2.45, 2.75) is 12.5 Å². The first-order valence-electron chi connectivity index (χ1n) is 5.82. The topological polar surface area (TPSA) is 61.6 Å². The van der Waals surface area contributed by atoms with E-state index in [9.17, 15) is 10.1 Å². The molecule has 21 heavy (non-hydrogen) atoms. The minimum absolute atomic E-state index is 0.0312. The number of halogens is 2. The normalized spacial score (nSPS) is 10.4. The van der Waals surface area contributed by atoms with Gasteiger partial charge in [0.2, 0.25) is 0 Å². The van der Waals surface area contributed by atoms with Gasteiger partial charge in [-0.05, 0) is 33.4 Å². The summed E-state index contributed by atoms with van der Waals surface area (Å²) in [6.07, 6.45) is 0. The lowest BCUT2D eigenvalue weighted by Crippen LogP contribution is -2.00. The summed E-state index contributed by atoms with van der Waals surface area (Å²) in [4.78, 5) is 11.6. The SMILES string of the molecule is COc1cc(CCl)c([N+](=O)[O-])cc1OCc1sccc1Br. The first-order chi connectivity index (χ1) is 10.1. The van der Waals surface area contributed by atoms with Crippen molar-refractivity contribution in [3.63, 3.8) is 0 Å². The third-order valence-corrected chi connectivity index (χ3v) is 4.94. The second-order valence-electron chi connectivity index (χ2n) is 4.00. The summed E-state index contributed by atoms with van der Waals surface area (Å²) in [6.45, 7) is 0.298. The van der Waals surface area contributed by atoms with E-state index in [2.05, 4.69) is 15.9 Å². The lowest BCUT2D eigenvalue weighted by atomic mass is 10.2. The Morgan fingerprint density at radius 1 is 1.43 bits per heavy atom. The summed E-state index contributed by atoms with van der Waals surface area (Å²) in [5.41, 5.74) is 0.314. The largest absolute Gasteiger partial charge is 0.493 e. The number of benzene rings is 1. The van der Waals surface area contributed by atoms with Gasteiger partial charge in [0.1, 0.15) is 6.61 Å². The second-order valence-corrected chi connectivity index (χ2v) is 6.13. The molecule has 0 spiro atoms. The molecule has 0 bridgehead atoms. The molecule has 1 aromatic heterocycles. The number of hydrogen-bond donors (Lipinski definition) is 0. The van der Waals surface area contributed by atoms with Crippen LogP contribution in [0.15, 0.2) is 28.1 Å². The molecule has 0 aliphatic heterocycles. The summed E-state index contributed by atoms with van der Waals surface area (Å²) in [7, 11) is 1.48. The molecule has 1 heterocycles. The van der Waals surface area contributed by atoms with Crippen molar-refractivity contribution < 1.29 is 14.4 Å². The molecule has 0 amide bonds. The van der Waals surface area contributed by atoms with Gasteiger partial charge in [-0.2, -0.15) is 0 Å². The molecule has 1 aromatic carbocycles. The number of nitrogens with zero attached hydrogens (tertiary/aromatic N) is 1. The average Bonchev–Trinajstić information content (AvgIpc) is 2.89. The van der Waals surface area contributed by atoms with E-state index < -0.39 is 4.92 Å². The molecule has 112 valence electrons. The van der Waals surface area contributed by atoms with Crippen LogP contribution in [-0.4, -0.2) is 12.0 Å². The van der Waals surface area contributed by atoms with Crippen LogP contribution in [0, 0.1) is 10.1 Å². The number of rotatable bonds is 6. The zero-order valence-electron chi connectivity index (χ0n) is 11.0. The maximum Gasteiger partial charge on any atom is 0.277 e. The van der Waals surface area contributed by atoms with Gasteiger partial charge in [-0.25, -0.2) is 0 Å². The van der Waals surface area contributed by atoms with Crippen LogP contribution in [0.3, 0.4) is 0 Å². The van der Waals surface area contributed by atoms with E-state index in [1.165, 1.54) is 30.6 Å². The molecule has 5 nitrogen and oxygen atoms in total. The molecule has 0 radical (unpaired) electrons. The Labute approximate surface area is 138 Å². The first kappa shape index (κ1) is 16.1. The Morgan fingerprint density at radius 2 is 2.19 bits per heavy atom. The minimum atomic E-state index is -0.481. The van der Waals surface area contributed by atoms with Crippen molar-refractivity contribution in [1.82, 2.24) is 0 Å². The molecule has 0 saturated carbocycles. The van der Waals surface area contributed by atoms with Crippen molar-refractivity contribution in [2.75, 3.05) is 7.11 Å². The van der Waals surface area contributed by atoms with Crippen LogP contribution < -0.4 is 9.47 Å². The zero-order chi connectivity index (χ0) is 15.4. The highest BCUT2D eigenvalue weighted by Crippen LogP contribution is 2.36. The highest BCUT2D eigenvalue weighted by Gasteiger charge is 2.19. The van der Waals surface area contributed by atoms with E-state index in [-0.39, 0.29) is 11.6 Å². The van der Waals surface area contributed by atoms with Gasteiger partial charge in [0, 0.05) is 10.0 Å². The van der Waals surface area contributed by atoms with Gasteiger partial charge >= 0.3 is 0 Å². The number of hydrogen-bond acceptors (Lipinski definition) is 5. The number of nitro benzene ring substituents is 1. The van der Waals surface area contributed by atoms with Gasteiger partial charge in [-0.1, -0.05) is 0 Å². The van der Waals surface area contributed by atoms with Crippen LogP contribution in [0.5, 0.6) is 11.5 Å². The molecule has 8 heteroatoms. The van der Waals surface area contributed by atoms with Gasteiger partial charge in [0.25, 0.3) is 5.69 Å².